The first-order valence-corrected chi connectivity index (χ1v) is 12.0. The summed E-state index contributed by atoms with van der Waals surface area (Å²) in [4.78, 5) is 38.5. The predicted molar refractivity (Wildman–Crippen MR) is 139 cm³/mol. The number of hydrogen-bond donors (Lipinski definition) is 3. The second-order valence-corrected chi connectivity index (χ2v) is 11.9. The fourth-order valence-electron chi connectivity index (χ4n) is 4.19. The van der Waals surface area contributed by atoms with E-state index in [2.05, 4.69) is 36.7 Å². The molecule has 0 aliphatic rings. The van der Waals surface area contributed by atoms with Crippen molar-refractivity contribution in [3.63, 3.8) is 0 Å². The van der Waals surface area contributed by atoms with Crippen molar-refractivity contribution in [2.75, 3.05) is 11.9 Å². The summed E-state index contributed by atoms with van der Waals surface area (Å²) < 4.78 is 5.89. The highest BCUT2D eigenvalue weighted by Crippen LogP contribution is 2.32. The third-order valence-electron chi connectivity index (χ3n) is 5.41. The summed E-state index contributed by atoms with van der Waals surface area (Å²) in [6.07, 6.45) is 2.54. The van der Waals surface area contributed by atoms with Crippen molar-refractivity contribution < 1.29 is 14.0 Å². The van der Waals surface area contributed by atoms with Crippen LogP contribution in [0.4, 0.5) is 10.5 Å². The first kappa shape index (κ1) is 27.4. The van der Waals surface area contributed by atoms with E-state index in [1.807, 2.05) is 41.5 Å². The Labute approximate surface area is 203 Å². The van der Waals surface area contributed by atoms with E-state index in [1.54, 1.807) is 12.1 Å². The number of rotatable bonds is 7. The molecule has 0 radical (unpaired) electrons. The first-order chi connectivity index (χ1) is 15.5. The predicted octanol–water partition coefficient (Wildman–Crippen LogP) is 5.96. The van der Waals surface area contributed by atoms with Crippen molar-refractivity contribution in [1.82, 2.24) is 10.6 Å². The van der Waals surface area contributed by atoms with E-state index in [-0.39, 0.29) is 27.6 Å². The number of fused-ring (bicyclic) bond motifs is 1. The molecule has 3 N–H and O–H groups in total. The Hall–Kier alpha value is -2.83. The summed E-state index contributed by atoms with van der Waals surface area (Å²) in [5, 5.41) is 8.98. The molecule has 188 valence electrons. The van der Waals surface area contributed by atoms with Gasteiger partial charge in [0, 0.05) is 18.2 Å². The van der Waals surface area contributed by atoms with Gasteiger partial charge in [0.2, 0.25) is 0 Å². The van der Waals surface area contributed by atoms with Crippen molar-refractivity contribution in [2.24, 2.45) is 5.41 Å². The number of hydrogen-bond acceptors (Lipinski definition) is 4. The van der Waals surface area contributed by atoms with Gasteiger partial charge in [-0.25, -0.2) is 4.79 Å². The molecule has 1 aromatic heterocycles. The zero-order valence-corrected chi connectivity index (χ0v) is 22.2. The Morgan fingerprint density at radius 2 is 1.62 bits per heavy atom. The van der Waals surface area contributed by atoms with Crippen LogP contribution >= 0.6 is 0 Å². The molecule has 0 bridgehead atoms. The molecule has 0 spiro atoms. The van der Waals surface area contributed by atoms with Crippen LogP contribution in [0, 0.1) is 5.41 Å². The number of urea groups is 1. The van der Waals surface area contributed by atoms with Gasteiger partial charge in [-0.15, -0.1) is 0 Å². The summed E-state index contributed by atoms with van der Waals surface area (Å²) in [5.74, 6) is -0.525. The van der Waals surface area contributed by atoms with Gasteiger partial charge in [-0.3, -0.25) is 9.59 Å². The van der Waals surface area contributed by atoms with Gasteiger partial charge in [-0.1, -0.05) is 54.9 Å². The Morgan fingerprint density at radius 3 is 2.18 bits per heavy atom. The topological polar surface area (TPSA) is 100 Å². The standard InChI is InChI=1S/C27H41N3O4/c1-10-11-12-28-23(32)21-15-20(31)18-13-17(26(5,6)7)14-19(22(18)34-21)29-24(33)30-27(8,9)16-25(2,3)4/h13-15H,10-12,16H2,1-9H3,(H,28,32)(H2,29,30,33). The quantitative estimate of drug-likeness (QED) is 0.434. The average Bonchev–Trinajstić information content (AvgIpc) is 2.64. The number of carbonyl (C=O) groups excluding carboxylic acids is 2. The first-order valence-electron chi connectivity index (χ1n) is 12.0. The minimum absolute atomic E-state index is 0.0302. The zero-order chi connectivity index (χ0) is 25.9. The zero-order valence-electron chi connectivity index (χ0n) is 22.2. The van der Waals surface area contributed by atoms with E-state index in [1.165, 1.54) is 6.07 Å². The van der Waals surface area contributed by atoms with Crippen LogP contribution in [0.1, 0.15) is 97.7 Å². The Balaban J connectivity index is 2.51. The van der Waals surface area contributed by atoms with Gasteiger partial charge in [-0.2, -0.15) is 0 Å². The molecule has 2 rings (SSSR count). The van der Waals surface area contributed by atoms with Gasteiger partial charge >= 0.3 is 6.03 Å². The Bertz CT molecular complexity index is 1100. The van der Waals surface area contributed by atoms with Crippen molar-refractivity contribution in [2.45, 2.75) is 92.5 Å². The highest BCUT2D eigenvalue weighted by atomic mass is 16.3. The van der Waals surface area contributed by atoms with Crippen LogP contribution in [0.15, 0.2) is 27.4 Å². The third-order valence-corrected chi connectivity index (χ3v) is 5.41. The molecule has 0 aliphatic heterocycles. The summed E-state index contributed by atoms with van der Waals surface area (Å²) in [6, 6.07) is 4.39. The lowest BCUT2D eigenvalue weighted by Crippen LogP contribution is -2.47. The van der Waals surface area contributed by atoms with Crippen molar-refractivity contribution >= 4 is 28.6 Å². The second kappa shape index (κ2) is 10.2. The summed E-state index contributed by atoms with van der Waals surface area (Å²) in [5.41, 5.74) is 0.390. The Morgan fingerprint density at radius 1 is 0.971 bits per heavy atom. The smallest absolute Gasteiger partial charge is 0.319 e. The number of benzene rings is 1. The number of anilines is 1. The number of amides is 3. The molecule has 0 saturated carbocycles. The molecule has 0 saturated heterocycles. The van der Waals surface area contributed by atoms with Crippen LogP contribution in [0.2, 0.25) is 0 Å². The number of unbranched alkanes of at least 4 members (excludes halogenated alkanes) is 1. The SMILES string of the molecule is CCCCNC(=O)c1cc(=O)c2cc(C(C)(C)C)cc(NC(=O)NC(C)(C)CC(C)(C)C)c2o1. The maximum Gasteiger partial charge on any atom is 0.319 e. The fourth-order valence-corrected chi connectivity index (χ4v) is 4.19. The molecular weight excluding hydrogens is 430 g/mol. The van der Waals surface area contributed by atoms with Crippen molar-refractivity contribution in [3.05, 3.63) is 39.7 Å². The molecule has 3 amide bonds. The van der Waals surface area contributed by atoms with Gasteiger partial charge in [0.25, 0.3) is 5.91 Å². The van der Waals surface area contributed by atoms with Crippen LogP contribution in [0.25, 0.3) is 11.0 Å². The molecule has 0 atom stereocenters. The number of nitrogens with one attached hydrogen (secondary N) is 3. The van der Waals surface area contributed by atoms with Crippen molar-refractivity contribution in [3.8, 4) is 0 Å². The van der Waals surface area contributed by atoms with Crippen molar-refractivity contribution in [1.29, 1.82) is 0 Å². The monoisotopic (exact) mass is 471 g/mol. The molecule has 2 aromatic rings. The van der Waals surface area contributed by atoms with Gasteiger partial charge in [0.1, 0.15) is 0 Å². The van der Waals surface area contributed by atoms with Crippen LogP contribution in [0.3, 0.4) is 0 Å². The largest absolute Gasteiger partial charge is 0.448 e. The maximum absolute atomic E-state index is 13.0. The van der Waals surface area contributed by atoms with E-state index in [0.717, 1.165) is 24.8 Å². The fraction of sp³-hybridized carbons (Fsp3) is 0.593. The minimum atomic E-state index is -0.453. The van der Waals surface area contributed by atoms with Crippen LogP contribution in [0.5, 0.6) is 0 Å². The normalized spacial score (nSPS) is 12.5. The molecule has 7 nitrogen and oxygen atoms in total. The summed E-state index contributed by atoms with van der Waals surface area (Å²) >= 11 is 0. The molecule has 7 heteroatoms. The van der Waals surface area contributed by atoms with E-state index in [9.17, 15) is 14.4 Å². The lowest BCUT2D eigenvalue weighted by molar-refractivity contribution is 0.0926. The van der Waals surface area contributed by atoms with Gasteiger partial charge in [0.05, 0.1) is 11.1 Å². The van der Waals surface area contributed by atoms with Crippen LogP contribution in [-0.2, 0) is 5.41 Å². The van der Waals surface area contributed by atoms with E-state index in [4.69, 9.17) is 4.42 Å². The van der Waals surface area contributed by atoms with E-state index >= 15 is 0 Å². The highest BCUT2D eigenvalue weighted by molar-refractivity contribution is 6.01. The minimum Gasteiger partial charge on any atom is -0.448 e. The van der Waals surface area contributed by atoms with E-state index in [0.29, 0.717) is 17.6 Å². The maximum atomic E-state index is 13.0. The third kappa shape index (κ3) is 7.61. The molecule has 0 aliphatic carbocycles. The molecule has 0 unspecified atom stereocenters. The molecule has 0 fully saturated rings. The summed E-state index contributed by atoms with van der Waals surface area (Å²) in [6.45, 7) is 18.9. The average molecular weight is 472 g/mol. The summed E-state index contributed by atoms with van der Waals surface area (Å²) in [7, 11) is 0. The van der Waals surface area contributed by atoms with Crippen LogP contribution < -0.4 is 21.4 Å². The Kier molecular flexibility index (Phi) is 8.22. The molecular formula is C27H41N3O4. The lowest BCUT2D eigenvalue weighted by atomic mass is 9.82. The van der Waals surface area contributed by atoms with Crippen LogP contribution in [-0.4, -0.2) is 24.0 Å². The van der Waals surface area contributed by atoms with Gasteiger partial charge < -0.3 is 20.4 Å². The van der Waals surface area contributed by atoms with E-state index < -0.39 is 17.5 Å². The molecule has 1 heterocycles. The molecule has 34 heavy (non-hydrogen) atoms. The van der Waals surface area contributed by atoms with Gasteiger partial charge in [-0.05, 0) is 55.2 Å². The van der Waals surface area contributed by atoms with Gasteiger partial charge in [0.15, 0.2) is 16.8 Å². The molecule has 1 aromatic carbocycles. The lowest BCUT2D eigenvalue weighted by Gasteiger charge is -2.33. The number of carbonyl (C=O) groups is 2. The highest BCUT2D eigenvalue weighted by Gasteiger charge is 2.28. The second-order valence-electron chi connectivity index (χ2n) is 11.9.